The highest BCUT2D eigenvalue weighted by Gasteiger charge is 2.07. The van der Waals surface area contributed by atoms with Gasteiger partial charge in [0, 0.05) is 16.9 Å². The van der Waals surface area contributed by atoms with Crippen LogP contribution < -0.4 is 0 Å². The van der Waals surface area contributed by atoms with Crippen molar-refractivity contribution in [2.24, 2.45) is 0 Å². The zero-order valence-corrected chi connectivity index (χ0v) is 10.1. The largest absolute Gasteiger partial charge is 0.241 e. The first-order valence-electron chi connectivity index (χ1n) is 5.19. The number of hydrogen-bond acceptors (Lipinski definition) is 2. The third-order valence-electron chi connectivity index (χ3n) is 2.33. The number of aryl methyl sites for hydroxylation is 1. The third-order valence-corrected chi connectivity index (χ3v) is 3.47. The second kappa shape index (κ2) is 4.15. The molecule has 0 radical (unpaired) electrons. The van der Waals surface area contributed by atoms with E-state index < -0.39 is 0 Å². The van der Waals surface area contributed by atoms with E-state index in [0.29, 0.717) is 5.92 Å². The zero-order valence-electron chi connectivity index (χ0n) is 9.32. The first kappa shape index (κ1) is 10.4. The topological polar surface area (TPSA) is 12.9 Å². The monoisotopic (exact) mass is 217 g/mol. The number of nitrogens with zero attached hydrogens (tertiary/aromatic N) is 1. The number of thiazole rings is 1. The van der Waals surface area contributed by atoms with Crippen LogP contribution in [0.1, 0.15) is 30.3 Å². The van der Waals surface area contributed by atoms with E-state index in [1.165, 1.54) is 16.1 Å². The summed E-state index contributed by atoms with van der Waals surface area (Å²) in [6, 6.07) is 8.49. The molecule has 78 valence electrons. The van der Waals surface area contributed by atoms with Crippen molar-refractivity contribution in [3.05, 3.63) is 40.2 Å². The first-order valence-corrected chi connectivity index (χ1v) is 6.07. The maximum absolute atomic E-state index is 4.64. The van der Waals surface area contributed by atoms with E-state index in [0.717, 1.165) is 5.69 Å². The predicted molar refractivity (Wildman–Crippen MR) is 66.4 cm³/mol. The highest BCUT2D eigenvalue weighted by molar-refractivity contribution is 7.10. The second-order valence-corrected chi connectivity index (χ2v) is 4.98. The van der Waals surface area contributed by atoms with E-state index in [9.17, 15) is 0 Å². The number of benzene rings is 1. The van der Waals surface area contributed by atoms with E-state index in [1.54, 1.807) is 11.3 Å². The molecule has 2 aromatic rings. The van der Waals surface area contributed by atoms with Crippen molar-refractivity contribution in [1.29, 1.82) is 0 Å². The van der Waals surface area contributed by atoms with Gasteiger partial charge in [-0.25, -0.2) is 4.98 Å². The number of hydrogen-bond donors (Lipinski definition) is 0. The molecule has 0 aliphatic rings. The lowest BCUT2D eigenvalue weighted by molar-refractivity contribution is 0.853. The van der Waals surface area contributed by atoms with Crippen LogP contribution in [-0.4, -0.2) is 4.98 Å². The molecule has 0 spiro atoms. The first-order chi connectivity index (χ1) is 7.16. The van der Waals surface area contributed by atoms with Gasteiger partial charge in [0.1, 0.15) is 0 Å². The molecule has 0 atom stereocenters. The van der Waals surface area contributed by atoms with Crippen LogP contribution in [0, 0.1) is 6.92 Å². The van der Waals surface area contributed by atoms with Gasteiger partial charge < -0.3 is 0 Å². The molecular formula is C13H15NS. The van der Waals surface area contributed by atoms with Gasteiger partial charge in [0.15, 0.2) is 0 Å². The Kier molecular flexibility index (Phi) is 2.87. The van der Waals surface area contributed by atoms with Crippen LogP contribution >= 0.6 is 11.3 Å². The third kappa shape index (κ3) is 2.26. The van der Waals surface area contributed by atoms with Gasteiger partial charge in [0.05, 0.1) is 10.7 Å². The Bertz CT molecular complexity index is 457. The fourth-order valence-corrected chi connectivity index (χ4v) is 2.33. The molecule has 0 bridgehead atoms. The Morgan fingerprint density at radius 1 is 1.27 bits per heavy atom. The molecule has 0 N–H and O–H groups in total. The standard InChI is InChI=1S/C13H15NS/c1-9(2)13-14-12(8-15-13)11-6-4-5-10(3)7-11/h4-9H,1-3H3. The summed E-state index contributed by atoms with van der Waals surface area (Å²) < 4.78 is 0. The lowest BCUT2D eigenvalue weighted by Gasteiger charge is -1.99. The quantitative estimate of drug-likeness (QED) is 0.733. The highest BCUT2D eigenvalue weighted by atomic mass is 32.1. The maximum atomic E-state index is 4.64. The number of rotatable bonds is 2. The van der Waals surface area contributed by atoms with Crippen molar-refractivity contribution in [3.63, 3.8) is 0 Å². The molecule has 2 heteroatoms. The average molecular weight is 217 g/mol. The van der Waals surface area contributed by atoms with Crippen LogP contribution in [0.15, 0.2) is 29.6 Å². The summed E-state index contributed by atoms with van der Waals surface area (Å²) in [7, 11) is 0. The van der Waals surface area contributed by atoms with Crippen molar-refractivity contribution in [3.8, 4) is 11.3 Å². The smallest absolute Gasteiger partial charge is 0.0958 e. The molecule has 1 heterocycles. The van der Waals surface area contributed by atoms with Crippen molar-refractivity contribution in [1.82, 2.24) is 4.98 Å². The van der Waals surface area contributed by atoms with E-state index in [1.807, 2.05) is 0 Å². The molecule has 0 saturated heterocycles. The van der Waals surface area contributed by atoms with Crippen molar-refractivity contribution in [2.75, 3.05) is 0 Å². The van der Waals surface area contributed by atoms with Gasteiger partial charge in [-0.3, -0.25) is 0 Å². The van der Waals surface area contributed by atoms with E-state index in [4.69, 9.17) is 0 Å². The summed E-state index contributed by atoms with van der Waals surface area (Å²) in [5, 5.41) is 3.36. The molecule has 1 aromatic heterocycles. The van der Waals surface area contributed by atoms with Crippen LogP contribution in [-0.2, 0) is 0 Å². The SMILES string of the molecule is Cc1cccc(-c2csc(C(C)C)n2)c1. The van der Waals surface area contributed by atoms with Crippen LogP contribution in [0.2, 0.25) is 0 Å². The highest BCUT2D eigenvalue weighted by Crippen LogP contribution is 2.26. The summed E-state index contributed by atoms with van der Waals surface area (Å²) >= 11 is 1.75. The Morgan fingerprint density at radius 2 is 2.07 bits per heavy atom. The molecule has 0 amide bonds. The Morgan fingerprint density at radius 3 is 2.67 bits per heavy atom. The van der Waals surface area contributed by atoms with Gasteiger partial charge >= 0.3 is 0 Å². The van der Waals surface area contributed by atoms with Gasteiger partial charge in [0.2, 0.25) is 0 Å². The Labute approximate surface area is 94.8 Å². The van der Waals surface area contributed by atoms with Crippen LogP contribution in [0.25, 0.3) is 11.3 Å². The fraction of sp³-hybridized carbons (Fsp3) is 0.308. The van der Waals surface area contributed by atoms with E-state index in [-0.39, 0.29) is 0 Å². The molecule has 0 saturated carbocycles. The predicted octanol–water partition coefficient (Wildman–Crippen LogP) is 4.24. The fourth-order valence-electron chi connectivity index (χ4n) is 1.49. The normalized spacial score (nSPS) is 10.9. The summed E-state index contributed by atoms with van der Waals surface area (Å²) in [6.07, 6.45) is 0. The van der Waals surface area contributed by atoms with Crippen LogP contribution in [0.4, 0.5) is 0 Å². The minimum atomic E-state index is 0.522. The number of aromatic nitrogens is 1. The minimum Gasteiger partial charge on any atom is -0.241 e. The average Bonchev–Trinajstić information content (AvgIpc) is 2.66. The molecule has 0 aliphatic carbocycles. The second-order valence-electron chi connectivity index (χ2n) is 4.10. The molecule has 1 aromatic carbocycles. The molecule has 0 fully saturated rings. The zero-order chi connectivity index (χ0) is 10.8. The van der Waals surface area contributed by atoms with Crippen LogP contribution in [0.3, 0.4) is 0 Å². The molecule has 0 unspecified atom stereocenters. The van der Waals surface area contributed by atoms with Gasteiger partial charge in [0.25, 0.3) is 0 Å². The van der Waals surface area contributed by atoms with E-state index in [2.05, 4.69) is 55.4 Å². The van der Waals surface area contributed by atoms with Crippen molar-refractivity contribution in [2.45, 2.75) is 26.7 Å². The molecule has 1 nitrogen and oxygen atoms in total. The molecule has 2 rings (SSSR count). The van der Waals surface area contributed by atoms with Gasteiger partial charge in [-0.15, -0.1) is 11.3 Å². The van der Waals surface area contributed by atoms with Crippen molar-refractivity contribution < 1.29 is 0 Å². The Balaban J connectivity index is 2.37. The molecule has 0 aliphatic heterocycles. The van der Waals surface area contributed by atoms with E-state index >= 15 is 0 Å². The summed E-state index contributed by atoms with van der Waals surface area (Å²) in [6.45, 7) is 6.47. The maximum Gasteiger partial charge on any atom is 0.0958 e. The van der Waals surface area contributed by atoms with Crippen LogP contribution in [0.5, 0.6) is 0 Å². The summed E-state index contributed by atoms with van der Waals surface area (Å²) in [4.78, 5) is 4.64. The van der Waals surface area contributed by atoms with Gasteiger partial charge in [-0.1, -0.05) is 37.6 Å². The lowest BCUT2D eigenvalue weighted by atomic mass is 10.1. The summed E-state index contributed by atoms with van der Waals surface area (Å²) in [5.74, 6) is 0.522. The molecular weight excluding hydrogens is 202 g/mol. The van der Waals surface area contributed by atoms with Gasteiger partial charge in [-0.05, 0) is 13.0 Å². The summed E-state index contributed by atoms with van der Waals surface area (Å²) in [5.41, 5.74) is 3.61. The van der Waals surface area contributed by atoms with Crippen molar-refractivity contribution >= 4 is 11.3 Å². The minimum absolute atomic E-state index is 0.522. The van der Waals surface area contributed by atoms with Gasteiger partial charge in [-0.2, -0.15) is 0 Å². The lowest BCUT2D eigenvalue weighted by Crippen LogP contribution is -1.85. The molecule has 15 heavy (non-hydrogen) atoms. The Hall–Kier alpha value is -1.15.